The van der Waals surface area contributed by atoms with E-state index < -0.39 is 0 Å². The summed E-state index contributed by atoms with van der Waals surface area (Å²) in [6.07, 6.45) is 2.70. The van der Waals surface area contributed by atoms with Crippen molar-refractivity contribution in [2.24, 2.45) is 11.8 Å². The van der Waals surface area contributed by atoms with Gasteiger partial charge in [0.25, 0.3) is 0 Å². The minimum Gasteiger partial charge on any atom is -0.314 e. The van der Waals surface area contributed by atoms with Gasteiger partial charge in [-0.2, -0.15) is 0 Å². The van der Waals surface area contributed by atoms with Crippen molar-refractivity contribution in [3.63, 3.8) is 0 Å². The van der Waals surface area contributed by atoms with Crippen molar-refractivity contribution in [2.45, 2.75) is 52.6 Å². The molecule has 1 fully saturated rings. The van der Waals surface area contributed by atoms with Gasteiger partial charge in [0.15, 0.2) is 0 Å². The normalized spacial score (nSPS) is 29.2. The summed E-state index contributed by atoms with van der Waals surface area (Å²) in [5, 5.41) is 3.48. The third-order valence-corrected chi connectivity index (χ3v) is 3.80. The molecule has 1 aliphatic carbocycles. The molecule has 2 heteroatoms. The maximum atomic E-state index is 3.48. The zero-order valence-corrected chi connectivity index (χ0v) is 11.1. The fourth-order valence-corrected chi connectivity index (χ4v) is 2.33. The SMILES string of the molecule is CCNC(C)CC(C)N(C)CC1CC1C. The summed E-state index contributed by atoms with van der Waals surface area (Å²) < 4.78 is 0. The Bertz CT molecular complexity index is 181. The first kappa shape index (κ1) is 13.0. The molecule has 4 atom stereocenters. The van der Waals surface area contributed by atoms with E-state index in [1.54, 1.807) is 0 Å². The molecule has 1 saturated carbocycles. The molecule has 0 heterocycles. The van der Waals surface area contributed by atoms with Gasteiger partial charge in [0.05, 0.1) is 0 Å². The molecule has 0 aromatic rings. The highest BCUT2D eigenvalue weighted by molar-refractivity contribution is 4.85. The first-order valence-corrected chi connectivity index (χ1v) is 6.48. The molecule has 0 aromatic heterocycles. The lowest BCUT2D eigenvalue weighted by Gasteiger charge is -2.27. The van der Waals surface area contributed by atoms with E-state index in [9.17, 15) is 0 Å². The summed E-state index contributed by atoms with van der Waals surface area (Å²) in [5.41, 5.74) is 0. The Balaban J connectivity index is 2.17. The number of nitrogens with one attached hydrogen (secondary N) is 1. The highest BCUT2D eigenvalue weighted by Gasteiger charge is 2.33. The molecule has 0 spiro atoms. The Labute approximate surface area is 95.4 Å². The molecule has 2 nitrogen and oxygen atoms in total. The van der Waals surface area contributed by atoms with Gasteiger partial charge in [0, 0.05) is 18.6 Å². The van der Waals surface area contributed by atoms with Crippen LogP contribution in [0.3, 0.4) is 0 Å². The molecule has 0 saturated heterocycles. The van der Waals surface area contributed by atoms with E-state index in [0.29, 0.717) is 12.1 Å². The minimum absolute atomic E-state index is 0.643. The summed E-state index contributed by atoms with van der Waals surface area (Å²) >= 11 is 0. The van der Waals surface area contributed by atoms with Crippen LogP contribution in [0, 0.1) is 11.8 Å². The lowest BCUT2D eigenvalue weighted by atomic mass is 10.1. The van der Waals surface area contributed by atoms with Crippen LogP contribution in [-0.2, 0) is 0 Å². The van der Waals surface area contributed by atoms with Crippen molar-refractivity contribution in [1.29, 1.82) is 0 Å². The van der Waals surface area contributed by atoms with E-state index in [-0.39, 0.29) is 0 Å². The van der Waals surface area contributed by atoms with Gasteiger partial charge in [-0.05, 0) is 52.1 Å². The number of rotatable bonds is 7. The molecule has 1 rings (SSSR count). The average Bonchev–Trinajstić information content (AvgIpc) is 2.81. The van der Waals surface area contributed by atoms with E-state index in [2.05, 4.69) is 45.0 Å². The van der Waals surface area contributed by atoms with Crippen LogP contribution in [0.5, 0.6) is 0 Å². The Morgan fingerprint density at radius 3 is 2.47 bits per heavy atom. The van der Waals surface area contributed by atoms with Gasteiger partial charge in [-0.3, -0.25) is 0 Å². The van der Waals surface area contributed by atoms with Gasteiger partial charge >= 0.3 is 0 Å². The number of hydrogen-bond acceptors (Lipinski definition) is 2. The highest BCUT2D eigenvalue weighted by atomic mass is 15.1. The van der Waals surface area contributed by atoms with E-state index in [0.717, 1.165) is 18.4 Å². The molecule has 0 amide bonds. The topological polar surface area (TPSA) is 15.3 Å². The van der Waals surface area contributed by atoms with Crippen LogP contribution in [0.15, 0.2) is 0 Å². The zero-order valence-electron chi connectivity index (χ0n) is 11.1. The predicted octanol–water partition coefficient (Wildman–Crippen LogP) is 2.35. The van der Waals surface area contributed by atoms with Gasteiger partial charge in [-0.1, -0.05) is 13.8 Å². The van der Waals surface area contributed by atoms with Gasteiger partial charge in [-0.25, -0.2) is 0 Å². The molecule has 0 radical (unpaired) electrons. The van der Waals surface area contributed by atoms with E-state index in [4.69, 9.17) is 0 Å². The molecule has 0 aromatic carbocycles. The fourth-order valence-electron chi connectivity index (χ4n) is 2.33. The maximum Gasteiger partial charge on any atom is 0.00787 e. The van der Waals surface area contributed by atoms with Crippen LogP contribution in [0.1, 0.15) is 40.5 Å². The first-order valence-electron chi connectivity index (χ1n) is 6.48. The monoisotopic (exact) mass is 212 g/mol. The van der Waals surface area contributed by atoms with Gasteiger partial charge in [0.2, 0.25) is 0 Å². The smallest absolute Gasteiger partial charge is 0.00787 e. The molecule has 15 heavy (non-hydrogen) atoms. The van der Waals surface area contributed by atoms with E-state index in [1.165, 1.54) is 19.4 Å². The first-order chi connectivity index (χ1) is 7.04. The zero-order chi connectivity index (χ0) is 11.4. The minimum atomic E-state index is 0.643. The van der Waals surface area contributed by atoms with Crippen molar-refractivity contribution in [2.75, 3.05) is 20.1 Å². The molecule has 4 unspecified atom stereocenters. The Hall–Kier alpha value is -0.0800. The third kappa shape index (κ3) is 4.52. The fraction of sp³-hybridized carbons (Fsp3) is 1.00. The molecule has 0 bridgehead atoms. The van der Waals surface area contributed by atoms with Crippen molar-refractivity contribution in [3.05, 3.63) is 0 Å². The standard InChI is InChI=1S/C13H28N2/c1-6-14-11(3)8-12(4)15(5)9-13-7-10(13)2/h10-14H,6-9H2,1-5H3. The molecule has 1 aliphatic rings. The summed E-state index contributed by atoms with van der Waals surface area (Å²) in [4.78, 5) is 2.53. The lowest BCUT2D eigenvalue weighted by Crippen LogP contribution is -2.37. The van der Waals surface area contributed by atoms with Crippen LogP contribution in [0.4, 0.5) is 0 Å². The Morgan fingerprint density at radius 1 is 1.40 bits per heavy atom. The van der Waals surface area contributed by atoms with Crippen LogP contribution in [0.25, 0.3) is 0 Å². The van der Waals surface area contributed by atoms with Gasteiger partial charge < -0.3 is 10.2 Å². The second-order valence-corrected chi connectivity index (χ2v) is 5.46. The highest BCUT2D eigenvalue weighted by Crippen LogP contribution is 2.38. The second-order valence-electron chi connectivity index (χ2n) is 5.46. The van der Waals surface area contributed by atoms with Crippen LogP contribution >= 0.6 is 0 Å². The van der Waals surface area contributed by atoms with E-state index >= 15 is 0 Å². The Morgan fingerprint density at radius 2 is 2.00 bits per heavy atom. The maximum absolute atomic E-state index is 3.48. The molecular formula is C13H28N2. The Kier molecular flexibility index (Phi) is 5.07. The summed E-state index contributed by atoms with van der Waals surface area (Å²) in [7, 11) is 2.27. The third-order valence-electron chi connectivity index (χ3n) is 3.80. The average molecular weight is 212 g/mol. The van der Waals surface area contributed by atoms with Crippen LogP contribution in [-0.4, -0.2) is 37.1 Å². The molecule has 1 N–H and O–H groups in total. The molecule has 0 aliphatic heterocycles. The second kappa shape index (κ2) is 5.86. The molecule has 90 valence electrons. The van der Waals surface area contributed by atoms with Crippen molar-refractivity contribution >= 4 is 0 Å². The molecular weight excluding hydrogens is 184 g/mol. The van der Waals surface area contributed by atoms with E-state index in [1.807, 2.05) is 0 Å². The van der Waals surface area contributed by atoms with Crippen LogP contribution in [0.2, 0.25) is 0 Å². The van der Waals surface area contributed by atoms with Crippen LogP contribution < -0.4 is 5.32 Å². The lowest BCUT2D eigenvalue weighted by molar-refractivity contribution is 0.220. The van der Waals surface area contributed by atoms with Crippen molar-refractivity contribution < 1.29 is 0 Å². The number of hydrogen-bond donors (Lipinski definition) is 1. The van der Waals surface area contributed by atoms with Gasteiger partial charge in [-0.15, -0.1) is 0 Å². The quantitative estimate of drug-likeness (QED) is 0.697. The number of nitrogens with zero attached hydrogens (tertiary/aromatic N) is 1. The van der Waals surface area contributed by atoms with Crippen molar-refractivity contribution in [1.82, 2.24) is 10.2 Å². The van der Waals surface area contributed by atoms with Gasteiger partial charge in [0.1, 0.15) is 0 Å². The summed E-state index contributed by atoms with van der Waals surface area (Å²) in [6, 6.07) is 1.34. The largest absolute Gasteiger partial charge is 0.314 e. The van der Waals surface area contributed by atoms with Crippen molar-refractivity contribution in [3.8, 4) is 0 Å². The summed E-state index contributed by atoms with van der Waals surface area (Å²) in [6.45, 7) is 11.5. The summed E-state index contributed by atoms with van der Waals surface area (Å²) in [5.74, 6) is 1.96. The predicted molar refractivity (Wildman–Crippen MR) is 67.1 cm³/mol.